The molecule has 0 bridgehead atoms. The Balaban J connectivity index is 0.000000244. The summed E-state index contributed by atoms with van der Waals surface area (Å²) in [5.41, 5.74) is 2.93. The van der Waals surface area contributed by atoms with Crippen LogP contribution in [0.3, 0.4) is 0 Å². The number of nitrogen functional groups attached to an aromatic ring is 1. The van der Waals surface area contributed by atoms with E-state index in [9.17, 15) is 21.8 Å². The van der Waals surface area contributed by atoms with Crippen LogP contribution >= 0.6 is 0 Å². The largest absolute Gasteiger partial charge is 0.744 e. The number of ether oxygens (including phenoxy) is 1. The lowest BCUT2D eigenvalue weighted by atomic mass is 10.1. The molecule has 32 heavy (non-hydrogen) atoms. The summed E-state index contributed by atoms with van der Waals surface area (Å²) in [7, 11) is -4.33. The molecule has 3 rings (SSSR count). The van der Waals surface area contributed by atoms with Crippen molar-refractivity contribution in [2.75, 3.05) is 5.84 Å². The van der Waals surface area contributed by atoms with Gasteiger partial charge in [-0.2, -0.15) is 0 Å². The van der Waals surface area contributed by atoms with Gasteiger partial charge in [-0.15, -0.1) is 0 Å². The molecule has 0 aliphatic heterocycles. The first-order chi connectivity index (χ1) is 14.9. The number of halogens is 2. The van der Waals surface area contributed by atoms with Crippen molar-refractivity contribution >= 4 is 10.1 Å². The van der Waals surface area contributed by atoms with Crippen LogP contribution in [0.1, 0.15) is 34.7 Å². The van der Waals surface area contributed by atoms with Gasteiger partial charge in [0.2, 0.25) is 6.20 Å². The lowest BCUT2D eigenvalue weighted by molar-refractivity contribution is -0.645. The van der Waals surface area contributed by atoms with E-state index in [0.717, 1.165) is 17.5 Å². The summed E-state index contributed by atoms with van der Waals surface area (Å²) in [4.78, 5) is -0.0851. The number of benzene rings is 2. The second kappa shape index (κ2) is 10.5. The second-order valence-electron chi connectivity index (χ2n) is 7.30. The molecule has 0 fully saturated rings. The van der Waals surface area contributed by atoms with E-state index < -0.39 is 21.8 Å². The topological polar surface area (TPSA) is 96.3 Å². The molecule has 1 aromatic heterocycles. The zero-order chi connectivity index (χ0) is 24.1. The number of aryl methyl sites for hydroxylation is 4. The first kappa shape index (κ1) is 25.2. The fourth-order valence-corrected chi connectivity index (χ4v) is 4.15. The van der Waals surface area contributed by atoms with Crippen LogP contribution in [0.2, 0.25) is 0 Å². The molecule has 0 radical (unpaired) electrons. The third-order valence-corrected chi connectivity index (χ3v) is 5.85. The van der Waals surface area contributed by atoms with E-state index in [1.165, 1.54) is 22.9 Å². The van der Waals surface area contributed by atoms with Gasteiger partial charge in [0, 0.05) is 6.07 Å². The number of rotatable bonds is 5. The summed E-state index contributed by atoms with van der Waals surface area (Å²) in [5.74, 6) is 4.79. The summed E-state index contributed by atoms with van der Waals surface area (Å²) in [5, 5.41) is 0. The molecule has 3 aromatic rings. The lowest BCUT2D eigenvalue weighted by Crippen LogP contribution is -2.45. The highest BCUT2D eigenvalue weighted by Gasteiger charge is 2.14. The van der Waals surface area contributed by atoms with Gasteiger partial charge in [-0.1, -0.05) is 35.4 Å². The van der Waals surface area contributed by atoms with Crippen LogP contribution in [-0.2, 0) is 23.1 Å². The van der Waals surface area contributed by atoms with Crippen LogP contribution in [0.15, 0.2) is 53.6 Å². The Labute approximate surface area is 187 Å². The molecule has 0 unspecified atom stereocenters. The number of hydrogen-bond acceptors (Lipinski definition) is 5. The summed E-state index contributed by atoms with van der Waals surface area (Å²) in [6.45, 7) is 6.91. The quantitative estimate of drug-likeness (QED) is 0.353. The third kappa shape index (κ3) is 6.48. The Kier molecular flexibility index (Phi) is 8.29. The average molecular weight is 465 g/mol. The van der Waals surface area contributed by atoms with Crippen molar-refractivity contribution in [2.45, 2.75) is 45.6 Å². The molecule has 0 aliphatic rings. The van der Waals surface area contributed by atoms with Gasteiger partial charge in [0.1, 0.15) is 28.4 Å². The van der Waals surface area contributed by atoms with Crippen LogP contribution in [0, 0.1) is 32.4 Å². The van der Waals surface area contributed by atoms with Gasteiger partial charge < -0.3 is 9.29 Å². The molecule has 0 saturated carbocycles. The molecule has 0 saturated heterocycles. The van der Waals surface area contributed by atoms with E-state index in [1.54, 1.807) is 38.2 Å². The number of pyridine rings is 1. The zero-order valence-electron chi connectivity index (χ0n) is 18.4. The fourth-order valence-electron chi connectivity index (χ4n) is 3.24. The first-order valence-corrected chi connectivity index (χ1v) is 11.2. The van der Waals surface area contributed by atoms with Crippen LogP contribution in [-0.4, -0.2) is 13.0 Å². The maximum Gasteiger partial charge on any atom is 0.397 e. The number of aromatic nitrogens is 1. The van der Waals surface area contributed by atoms with Gasteiger partial charge in [-0.3, -0.25) is 0 Å². The standard InChI is InChI=1S/C14H15F2N2O.C9H12O3S/c1-2-10-6-7-18(17)14(8-10)19-9-11-12(15)4-3-5-13(11)16;1-6-4-7(2)9(8(3)5-6)13(10,11)12/h3-8H,2,9,17H2,1H3;4-5H,1-3H3,(H,10,11,12)/q+1;/p-1. The molecule has 2 aromatic carbocycles. The number of nitrogens with zero attached hydrogens (tertiary/aromatic N) is 1. The van der Waals surface area contributed by atoms with E-state index in [0.29, 0.717) is 17.0 Å². The minimum Gasteiger partial charge on any atom is -0.744 e. The molecule has 0 amide bonds. The molecular formula is C23H26F2N2O4S. The summed E-state index contributed by atoms with van der Waals surface area (Å²) in [6, 6.07) is 10.7. The highest BCUT2D eigenvalue weighted by molar-refractivity contribution is 7.85. The van der Waals surface area contributed by atoms with Crippen LogP contribution in [0.5, 0.6) is 5.88 Å². The minimum atomic E-state index is -4.33. The van der Waals surface area contributed by atoms with Gasteiger partial charge >= 0.3 is 5.88 Å². The van der Waals surface area contributed by atoms with Crippen molar-refractivity contribution in [3.05, 3.63) is 88.1 Å². The molecule has 0 atom stereocenters. The van der Waals surface area contributed by atoms with E-state index in [1.807, 2.05) is 19.9 Å². The minimum absolute atomic E-state index is 0.0851. The zero-order valence-corrected chi connectivity index (χ0v) is 19.2. The molecule has 2 N–H and O–H groups in total. The SMILES string of the molecule is CCc1cc[n+](N)c(OCc2c(F)cccc2F)c1.Cc1cc(C)c(S(=O)(=O)[O-])c(C)c1. The Bertz CT molecular complexity index is 1170. The van der Waals surface area contributed by atoms with Crippen LogP contribution < -0.4 is 15.3 Å². The Morgan fingerprint density at radius 2 is 1.59 bits per heavy atom. The molecule has 9 heteroatoms. The van der Waals surface area contributed by atoms with Crippen molar-refractivity contribution in [3.8, 4) is 5.88 Å². The van der Waals surface area contributed by atoms with Crippen molar-refractivity contribution in [2.24, 2.45) is 0 Å². The molecule has 6 nitrogen and oxygen atoms in total. The third-order valence-electron chi connectivity index (χ3n) is 4.70. The van der Waals surface area contributed by atoms with Gasteiger partial charge in [0.05, 0.1) is 16.5 Å². The van der Waals surface area contributed by atoms with Gasteiger partial charge in [-0.05, 0) is 56.0 Å². The monoisotopic (exact) mass is 464 g/mol. The summed E-state index contributed by atoms with van der Waals surface area (Å²) in [6.07, 6.45) is 2.47. The van der Waals surface area contributed by atoms with Gasteiger partial charge in [-0.25, -0.2) is 23.0 Å². The van der Waals surface area contributed by atoms with Crippen LogP contribution in [0.4, 0.5) is 8.78 Å². The maximum atomic E-state index is 13.4. The Morgan fingerprint density at radius 3 is 2.09 bits per heavy atom. The lowest BCUT2D eigenvalue weighted by Gasteiger charge is -2.14. The predicted molar refractivity (Wildman–Crippen MR) is 115 cm³/mol. The highest BCUT2D eigenvalue weighted by atomic mass is 32.2. The van der Waals surface area contributed by atoms with Gasteiger partial charge in [0.25, 0.3) is 0 Å². The fraction of sp³-hybridized carbons (Fsp3) is 0.261. The molecular weight excluding hydrogens is 438 g/mol. The van der Waals surface area contributed by atoms with Crippen molar-refractivity contribution in [1.29, 1.82) is 0 Å². The van der Waals surface area contributed by atoms with E-state index >= 15 is 0 Å². The average Bonchev–Trinajstić information content (AvgIpc) is 2.67. The van der Waals surface area contributed by atoms with Crippen molar-refractivity contribution in [1.82, 2.24) is 0 Å². The predicted octanol–water partition coefficient (Wildman–Crippen LogP) is 3.62. The molecule has 1 heterocycles. The van der Waals surface area contributed by atoms with Gasteiger partial charge in [0.15, 0.2) is 0 Å². The summed E-state index contributed by atoms with van der Waals surface area (Å²) >= 11 is 0. The highest BCUT2D eigenvalue weighted by Crippen LogP contribution is 2.21. The first-order valence-electron chi connectivity index (χ1n) is 9.83. The Hall–Kier alpha value is -3.04. The van der Waals surface area contributed by atoms with Crippen LogP contribution in [0.25, 0.3) is 0 Å². The van der Waals surface area contributed by atoms with Crippen molar-refractivity contribution in [3.63, 3.8) is 0 Å². The van der Waals surface area contributed by atoms with E-state index in [4.69, 9.17) is 10.6 Å². The molecule has 172 valence electrons. The number of nitrogens with two attached hydrogens (primary N) is 1. The van der Waals surface area contributed by atoms with E-state index in [2.05, 4.69) is 0 Å². The summed E-state index contributed by atoms with van der Waals surface area (Å²) < 4.78 is 66.0. The Morgan fingerprint density at radius 1 is 1.03 bits per heavy atom. The van der Waals surface area contributed by atoms with Crippen molar-refractivity contribution < 1.29 is 31.2 Å². The molecule has 0 aliphatic carbocycles. The molecule has 0 spiro atoms. The maximum absolute atomic E-state index is 13.4. The number of hydrogen-bond donors (Lipinski definition) is 1. The second-order valence-corrected chi connectivity index (χ2v) is 8.62. The smallest absolute Gasteiger partial charge is 0.397 e. The normalized spacial score (nSPS) is 11.0. The van der Waals surface area contributed by atoms with E-state index in [-0.39, 0.29) is 17.1 Å².